The molecule has 0 N–H and O–H groups in total. The van der Waals surface area contributed by atoms with Crippen LogP contribution in [0.15, 0.2) is 32.3 Å². The molecule has 0 radical (unpaired) electrons. The third-order valence-electron chi connectivity index (χ3n) is 5.75. The Bertz CT molecular complexity index is 1070. The summed E-state index contributed by atoms with van der Waals surface area (Å²) in [6, 6.07) is 4.45. The van der Waals surface area contributed by atoms with Crippen LogP contribution in [0.2, 0.25) is 0 Å². The Morgan fingerprint density at radius 3 is 2.32 bits per heavy atom. The second-order valence-electron chi connectivity index (χ2n) is 8.73. The van der Waals surface area contributed by atoms with Gasteiger partial charge in [-0.3, -0.25) is 9.36 Å². The monoisotopic (exact) mass is 451 g/mol. The number of carbonyl (C=O) groups is 1. The molecule has 31 heavy (non-hydrogen) atoms. The van der Waals surface area contributed by atoms with Crippen LogP contribution in [0.3, 0.4) is 0 Å². The van der Waals surface area contributed by atoms with Crippen molar-refractivity contribution in [3.8, 4) is 0 Å². The first-order chi connectivity index (χ1) is 14.7. The van der Waals surface area contributed by atoms with Crippen molar-refractivity contribution in [1.29, 1.82) is 0 Å². The molecule has 1 aromatic carbocycles. The highest BCUT2D eigenvalue weighted by atomic mass is 32.2. The van der Waals surface area contributed by atoms with Crippen LogP contribution in [0.5, 0.6) is 0 Å². The topological polar surface area (TPSA) is 92.8 Å². The molecule has 9 heteroatoms. The van der Waals surface area contributed by atoms with Gasteiger partial charge in [0.05, 0.1) is 10.4 Å². The number of hydrogen-bond donors (Lipinski definition) is 0. The van der Waals surface area contributed by atoms with Crippen molar-refractivity contribution < 1.29 is 17.6 Å². The number of nitrogens with zero attached hydrogens (tertiary/aromatic N) is 3. The van der Waals surface area contributed by atoms with E-state index in [1.165, 1.54) is 21.0 Å². The van der Waals surface area contributed by atoms with Gasteiger partial charge in [0.15, 0.2) is 5.58 Å². The maximum Gasteiger partial charge on any atom is 0.420 e. The number of aromatic nitrogens is 1. The minimum absolute atomic E-state index is 0.104. The predicted octanol–water partition coefficient (Wildman–Crippen LogP) is 2.91. The van der Waals surface area contributed by atoms with Gasteiger partial charge in [0, 0.05) is 32.2 Å². The van der Waals surface area contributed by atoms with E-state index in [0.717, 1.165) is 19.3 Å². The zero-order valence-electron chi connectivity index (χ0n) is 18.8. The fourth-order valence-corrected chi connectivity index (χ4v) is 6.14. The number of benzene rings is 1. The highest BCUT2D eigenvalue weighted by molar-refractivity contribution is 7.89. The zero-order chi connectivity index (χ0) is 22.8. The van der Waals surface area contributed by atoms with Crippen molar-refractivity contribution >= 4 is 27.0 Å². The lowest BCUT2D eigenvalue weighted by molar-refractivity contribution is -0.132. The van der Waals surface area contributed by atoms with Gasteiger partial charge < -0.3 is 9.32 Å². The molecule has 3 rings (SSSR count). The van der Waals surface area contributed by atoms with Crippen LogP contribution in [0.4, 0.5) is 0 Å². The summed E-state index contributed by atoms with van der Waals surface area (Å²) in [5, 5.41) is 0. The number of piperidine rings is 1. The molecular formula is C22H33N3O5S. The Morgan fingerprint density at radius 2 is 1.74 bits per heavy atom. The number of carbonyl (C=O) groups excluding carboxylic acids is 1. The fourth-order valence-electron chi connectivity index (χ4n) is 4.44. The molecule has 0 aliphatic carbocycles. The van der Waals surface area contributed by atoms with Crippen molar-refractivity contribution in [3.05, 3.63) is 28.7 Å². The first-order valence-electron chi connectivity index (χ1n) is 11.1. The van der Waals surface area contributed by atoms with E-state index in [1.54, 1.807) is 11.0 Å². The molecule has 1 amide bonds. The van der Waals surface area contributed by atoms with Gasteiger partial charge >= 0.3 is 5.76 Å². The number of sulfonamides is 1. The molecule has 1 aromatic heterocycles. The maximum absolute atomic E-state index is 13.2. The molecule has 1 aliphatic heterocycles. The van der Waals surface area contributed by atoms with Crippen molar-refractivity contribution in [2.45, 2.75) is 58.4 Å². The zero-order valence-corrected chi connectivity index (χ0v) is 19.7. The Hall–Kier alpha value is -2.13. The minimum Gasteiger partial charge on any atom is -0.408 e. The van der Waals surface area contributed by atoms with Crippen LogP contribution >= 0.6 is 0 Å². The summed E-state index contributed by atoms with van der Waals surface area (Å²) < 4.78 is 34.4. The number of hydrogen-bond acceptors (Lipinski definition) is 5. The first kappa shape index (κ1) is 23.5. The van der Waals surface area contributed by atoms with Gasteiger partial charge in [-0.1, -0.05) is 27.7 Å². The predicted molar refractivity (Wildman–Crippen MR) is 119 cm³/mol. The second-order valence-corrected chi connectivity index (χ2v) is 10.7. The average Bonchev–Trinajstić information content (AvgIpc) is 3.01. The molecule has 2 aromatic rings. The van der Waals surface area contributed by atoms with Crippen LogP contribution in [-0.4, -0.2) is 54.3 Å². The molecule has 1 saturated heterocycles. The van der Waals surface area contributed by atoms with E-state index in [4.69, 9.17) is 4.42 Å². The fraction of sp³-hybridized carbons (Fsp3) is 0.636. The van der Waals surface area contributed by atoms with Gasteiger partial charge in [0.2, 0.25) is 15.9 Å². The summed E-state index contributed by atoms with van der Waals surface area (Å²) in [4.78, 5) is 27.0. The molecule has 2 unspecified atom stereocenters. The van der Waals surface area contributed by atoms with Gasteiger partial charge in [-0.2, -0.15) is 4.31 Å². The molecule has 0 saturated carbocycles. The Labute approximate surface area is 183 Å². The van der Waals surface area contributed by atoms with Gasteiger partial charge in [-0.05, 0) is 43.2 Å². The van der Waals surface area contributed by atoms with E-state index in [0.29, 0.717) is 43.5 Å². The Balaban J connectivity index is 1.90. The molecule has 1 fully saturated rings. The van der Waals surface area contributed by atoms with E-state index in [9.17, 15) is 18.0 Å². The highest BCUT2D eigenvalue weighted by Gasteiger charge is 2.32. The highest BCUT2D eigenvalue weighted by Crippen LogP contribution is 2.28. The lowest BCUT2D eigenvalue weighted by Gasteiger charge is -2.34. The summed E-state index contributed by atoms with van der Waals surface area (Å²) in [5.41, 5.74) is 0.597. The van der Waals surface area contributed by atoms with Gasteiger partial charge in [-0.15, -0.1) is 0 Å². The number of amides is 1. The largest absolute Gasteiger partial charge is 0.420 e. The third-order valence-corrected chi connectivity index (χ3v) is 7.57. The maximum atomic E-state index is 13.2. The van der Waals surface area contributed by atoms with Crippen LogP contribution in [-0.2, 0) is 21.4 Å². The number of rotatable bonds is 8. The number of fused-ring (bicyclic) bond motifs is 1. The SMILES string of the molecule is CCCN(CCC)C(=O)Cn1c(=O)oc2cc(S(=O)(=O)N3CC(C)CC(C)C3)ccc21. The van der Waals surface area contributed by atoms with Crippen LogP contribution in [0.25, 0.3) is 11.1 Å². The van der Waals surface area contributed by atoms with E-state index in [-0.39, 0.29) is 22.9 Å². The standard InChI is InChI=1S/C22H33N3O5S/c1-5-9-23(10-6-2)21(26)15-25-19-8-7-18(12-20(19)30-22(25)27)31(28,29)24-13-16(3)11-17(4)14-24/h7-8,12,16-17H,5-6,9-11,13-15H2,1-4H3. The van der Waals surface area contributed by atoms with Crippen molar-refractivity contribution in [2.75, 3.05) is 26.2 Å². The number of oxazole rings is 1. The molecule has 0 bridgehead atoms. The molecule has 172 valence electrons. The quantitative estimate of drug-likeness (QED) is 0.615. The Morgan fingerprint density at radius 1 is 1.13 bits per heavy atom. The molecule has 2 atom stereocenters. The van der Waals surface area contributed by atoms with Crippen molar-refractivity contribution in [2.24, 2.45) is 11.8 Å². The summed E-state index contributed by atoms with van der Waals surface area (Å²) in [7, 11) is -3.69. The summed E-state index contributed by atoms with van der Waals surface area (Å²) in [6.07, 6.45) is 2.67. The lowest BCUT2D eigenvalue weighted by atomic mass is 9.94. The molecule has 1 aliphatic rings. The summed E-state index contributed by atoms with van der Waals surface area (Å²) in [5.74, 6) is -0.226. The molecular weight excluding hydrogens is 418 g/mol. The summed E-state index contributed by atoms with van der Waals surface area (Å²) in [6.45, 7) is 10.2. The minimum atomic E-state index is -3.69. The van der Waals surface area contributed by atoms with E-state index >= 15 is 0 Å². The lowest BCUT2D eigenvalue weighted by Crippen LogP contribution is -2.42. The average molecular weight is 452 g/mol. The smallest absolute Gasteiger partial charge is 0.408 e. The van der Waals surface area contributed by atoms with E-state index in [2.05, 4.69) is 13.8 Å². The second kappa shape index (κ2) is 9.56. The summed E-state index contributed by atoms with van der Waals surface area (Å²) >= 11 is 0. The normalized spacial score (nSPS) is 20.3. The Kier molecular flexibility index (Phi) is 7.26. The van der Waals surface area contributed by atoms with Gasteiger partial charge in [-0.25, -0.2) is 13.2 Å². The molecule has 2 heterocycles. The first-order valence-corrected chi connectivity index (χ1v) is 12.5. The van der Waals surface area contributed by atoms with Crippen LogP contribution in [0.1, 0.15) is 47.0 Å². The van der Waals surface area contributed by atoms with Gasteiger partial charge in [0.1, 0.15) is 6.54 Å². The van der Waals surface area contributed by atoms with Crippen molar-refractivity contribution in [3.63, 3.8) is 0 Å². The molecule has 8 nitrogen and oxygen atoms in total. The van der Waals surface area contributed by atoms with E-state index < -0.39 is 15.8 Å². The molecule has 0 spiro atoms. The van der Waals surface area contributed by atoms with Gasteiger partial charge in [0.25, 0.3) is 0 Å². The third kappa shape index (κ3) is 5.03. The van der Waals surface area contributed by atoms with Crippen LogP contribution < -0.4 is 5.76 Å². The van der Waals surface area contributed by atoms with Crippen LogP contribution in [0, 0.1) is 11.8 Å². The van der Waals surface area contributed by atoms with Crippen molar-refractivity contribution in [1.82, 2.24) is 13.8 Å². The van der Waals surface area contributed by atoms with E-state index in [1.807, 2.05) is 13.8 Å².